The van der Waals surface area contributed by atoms with Gasteiger partial charge >= 0.3 is 5.97 Å². The Morgan fingerprint density at radius 1 is 1.50 bits per heavy atom. The average molecular weight is 264 g/mol. The normalized spacial score (nSPS) is 22.4. The number of anilines is 1. The topological polar surface area (TPSA) is 50.4 Å². The maximum Gasteiger partial charge on any atom is 0.329 e. The van der Waals surface area contributed by atoms with Crippen molar-refractivity contribution in [2.45, 2.75) is 32.4 Å². The van der Waals surface area contributed by atoms with Crippen LogP contribution in [0.2, 0.25) is 0 Å². The molecule has 2 N–H and O–H groups in total. The van der Waals surface area contributed by atoms with Gasteiger partial charge in [-0.05, 0) is 43.8 Å². The van der Waals surface area contributed by atoms with E-state index < -0.39 is 0 Å². The fourth-order valence-electron chi connectivity index (χ4n) is 1.92. The van der Waals surface area contributed by atoms with Crippen LogP contribution in [0.4, 0.5) is 5.69 Å². The van der Waals surface area contributed by atoms with Crippen LogP contribution < -0.4 is 10.6 Å². The van der Waals surface area contributed by atoms with Gasteiger partial charge < -0.3 is 15.4 Å². The molecule has 18 heavy (non-hydrogen) atoms. The molecule has 2 atom stereocenters. The summed E-state index contributed by atoms with van der Waals surface area (Å²) in [5.74, 6) is -0.240. The largest absolute Gasteiger partial charge is 0.461 e. The van der Waals surface area contributed by atoms with Gasteiger partial charge in [0.15, 0.2) is 5.11 Å². The van der Waals surface area contributed by atoms with Crippen LogP contribution in [0.25, 0.3) is 0 Å². The van der Waals surface area contributed by atoms with Crippen molar-refractivity contribution in [3.63, 3.8) is 0 Å². The molecule has 0 radical (unpaired) electrons. The maximum absolute atomic E-state index is 11.5. The number of hydrogen-bond donors (Lipinski definition) is 2. The number of hydrogen-bond acceptors (Lipinski definition) is 3. The molecule has 0 unspecified atom stereocenters. The molecular formula is C13H16N2O2S. The Labute approximate surface area is 112 Å². The summed E-state index contributed by atoms with van der Waals surface area (Å²) in [6.07, 6.45) is 0.603. The lowest BCUT2D eigenvalue weighted by atomic mass is 10.2. The summed E-state index contributed by atoms with van der Waals surface area (Å²) in [4.78, 5) is 11.5. The zero-order valence-electron chi connectivity index (χ0n) is 10.4. The van der Waals surface area contributed by atoms with Gasteiger partial charge in [0.05, 0.1) is 0 Å². The summed E-state index contributed by atoms with van der Waals surface area (Å²) >= 11 is 5.18. The van der Waals surface area contributed by atoms with E-state index in [2.05, 4.69) is 10.6 Å². The van der Waals surface area contributed by atoms with Crippen molar-refractivity contribution < 1.29 is 9.53 Å². The molecule has 1 fully saturated rings. The lowest BCUT2D eigenvalue weighted by molar-refractivity contribution is -0.142. The Kier molecular flexibility index (Phi) is 3.81. The Morgan fingerprint density at radius 3 is 2.89 bits per heavy atom. The van der Waals surface area contributed by atoms with Gasteiger partial charge in [-0.3, -0.25) is 0 Å². The van der Waals surface area contributed by atoms with E-state index in [1.165, 1.54) is 0 Å². The predicted octanol–water partition coefficient (Wildman–Crippen LogP) is 1.99. The molecule has 1 saturated heterocycles. The monoisotopic (exact) mass is 264 g/mol. The summed E-state index contributed by atoms with van der Waals surface area (Å²) in [6.45, 7) is 3.88. The highest BCUT2D eigenvalue weighted by Crippen LogP contribution is 2.14. The van der Waals surface area contributed by atoms with Gasteiger partial charge in [0.2, 0.25) is 0 Å². The predicted molar refractivity (Wildman–Crippen MR) is 74.5 cm³/mol. The maximum atomic E-state index is 11.5. The van der Waals surface area contributed by atoms with Gasteiger partial charge in [0.25, 0.3) is 0 Å². The molecule has 0 amide bonds. The summed E-state index contributed by atoms with van der Waals surface area (Å²) in [5.41, 5.74) is 2.06. The highest BCUT2D eigenvalue weighted by atomic mass is 32.1. The number of benzene rings is 1. The van der Waals surface area contributed by atoms with Crippen molar-refractivity contribution >= 4 is 29.0 Å². The van der Waals surface area contributed by atoms with E-state index in [4.69, 9.17) is 17.0 Å². The zero-order valence-corrected chi connectivity index (χ0v) is 11.2. The molecule has 1 aliphatic heterocycles. The first-order chi connectivity index (χ1) is 8.54. The van der Waals surface area contributed by atoms with Crippen LogP contribution in [0.5, 0.6) is 0 Å². The number of cyclic esters (lactones) is 1. The zero-order chi connectivity index (χ0) is 13.1. The second-order valence-electron chi connectivity index (χ2n) is 4.50. The first-order valence-electron chi connectivity index (χ1n) is 5.89. The fourth-order valence-corrected chi connectivity index (χ4v) is 2.18. The number of ether oxygens (including phenoxy) is 1. The first kappa shape index (κ1) is 12.8. The van der Waals surface area contributed by atoms with Gasteiger partial charge in [-0.15, -0.1) is 0 Å². The van der Waals surface area contributed by atoms with Crippen molar-refractivity contribution in [1.29, 1.82) is 0 Å². The van der Waals surface area contributed by atoms with Crippen LogP contribution in [-0.4, -0.2) is 23.2 Å². The third-order valence-electron chi connectivity index (χ3n) is 2.75. The molecule has 0 aliphatic carbocycles. The molecule has 2 rings (SSSR count). The number of carbonyl (C=O) groups excluding carboxylic acids is 1. The summed E-state index contributed by atoms with van der Waals surface area (Å²) < 4.78 is 5.06. The second kappa shape index (κ2) is 5.35. The van der Waals surface area contributed by atoms with E-state index in [-0.39, 0.29) is 18.1 Å². The van der Waals surface area contributed by atoms with Crippen molar-refractivity contribution in [1.82, 2.24) is 5.32 Å². The first-order valence-corrected chi connectivity index (χ1v) is 6.30. The van der Waals surface area contributed by atoms with Crippen LogP contribution in [0.1, 0.15) is 18.9 Å². The van der Waals surface area contributed by atoms with Crippen LogP contribution in [0, 0.1) is 6.92 Å². The SMILES string of the molecule is Cc1cccc(NC(=S)N[C@H]2C[C@H](C)OC2=O)c1. The number of thiocarbonyl (C=S) groups is 1. The standard InChI is InChI=1S/C13H16N2O2S/c1-8-4-3-5-10(6-8)14-13(18)15-11-7-9(2)17-12(11)16/h3-6,9,11H,7H2,1-2H3,(H2,14,15,18)/t9-,11-/m0/s1. The van der Waals surface area contributed by atoms with Gasteiger partial charge in [0.1, 0.15) is 12.1 Å². The van der Waals surface area contributed by atoms with E-state index in [0.717, 1.165) is 11.3 Å². The van der Waals surface area contributed by atoms with Gasteiger partial charge in [-0.2, -0.15) is 0 Å². The third kappa shape index (κ3) is 3.20. The lowest BCUT2D eigenvalue weighted by Gasteiger charge is -2.13. The number of nitrogens with one attached hydrogen (secondary N) is 2. The number of carbonyl (C=O) groups is 1. The number of esters is 1. The van der Waals surface area contributed by atoms with E-state index in [9.17, 15) is 4.79 Å². The Balaban J connectivity index is 1.91. The van der Waals surface area contributed by atoms with Gasteiger partial charge in [0, 0.05) is 12.1 Å². The van der Waals surface area contributed by atoms with Crippen molar-refractivity contribution in [2.75, 3.05) is 5.32 Å². The Morgan fingerprint density at radius 2 is 2.28 bits per heavy atom. The van der Waals surface area contributed by atoms with Crippen LogP contribution in [0.3, 0.4) is 0 Å². The van der Waals surface area contributed by atoms with Crippen LogP contribution >= 0.6 is 12.2 Å². The molecule has 1 aromatic rings. The molecule has 0 aromatic heterocycles. The third-order valence-corrected chi connectivity index (χ3v) is 2.97. The lowest BCUT2D eigenvalue weighted by Crippen LogP contribution is -2.40. The molecule has 1 heterocycles. The molecule has 5 heteroatoms. The van der Waals surface area contributed by atoms with Crippen LogP contribution in [0.15, 0.2) is 24.3 Å². The van der Waals surface area contributed by atoms with Crippen molar-refractivity contribution in [2.24, 2.45) is 0 Å². The molecule has 1 aliphatic rings. The number of rotatable bonds is 2. The van der Waals surface area contributed by atoms with Crippen molar-refractivity contribution in [3.8, 4) is 0 Å². The summed E-state index contributed by atoms with van der Waals surface area (Å²) in [7, 11) is 0. The Bertz CT molecular complexity index is 476. The minimum Gasteiger partial charge on any atom is -0.461 e. The van der Waals surface area contributed by atoms with E-state index in [1.807, 2.05) is 38.1 Å². The molecule has 4 nitrogen and oxygen atoms in total. The van der Waals surface area contributed by atoms with Crippen molar-refractivity contribution in [3.05, 3.63) is 29.8 Å². The smallest absolute Gasteiger partial charge is 0.329 e. The van der Waals surface area contributed by atoms with Gasteiger partial charge in [-0.25, -0.2) is 4.79 Å². The summed E-state index contributed by atoms with van der Waals surface area (Å²) in [6, 6.07) is 7.54. The fraction of sp³-hybridized carbons (Fsp3) is 0.385. The molecule has 0 bridgehead atoms. The summed E-state index contributed by atoms with van der Waals surface area (Å²) in [5, 5.41) is 6.47. The van der Waals surface area contributed by atoms with E-state index >= 15 is 0 Å². The van der Waals surface area contributed by atoms with E-state index in [1.54, 1.807) is 0 Å². The molecular weight excluding hydrogens is 248 g/mol. The highest BCUT2D eigenvalue weighted by molar-refractivity contribution is 7.80. The number of aryl methyl sites for hydroxylation is 1. The quantitative estimate of drug-likeness (QED) is 0.632. The second-order valence-corrected chi connectivity index (χ2v) is 4.91. The van der Waals surface area contributed by atoms with Crippen LogP contribution in [-0.2, 0) is 9.53 Å². The Hall–Kier alpha value is -1.62. The average Bonchev–Trinajstić information content (AvgIpc) is 2.57. The molecule has 0 spiro atoms. The molecule has 1 aromatic carbocycles. The minimum absolute atomic E-state index is 0.0447. The highest BCUT2D eigenvalue weighted by Gasteiger charge is 2.32. The van der Waals surface area contributed by atoms with E-state index in [0.29, 0.717) is 11.5 Å². The minimum atomic E-state index is -0.343. The molecule has 96 valence electrons. The molecule has 0 saturated carbocycles. The van der Waals surface area contributed by atoms with Gasteiger partial charge in [-0.1, -0.05) is 12.1 Å².